The van der Waals surface area contributed by atoms with Crippen LogP contribution in [0.25, 0.3) is 5.70 Å². The van der Waals surface area contributed by atoms with Crippen molar-refractivity contribution < 1.29 is 0 Å². The fraction of sp³-hybridized carbons (Fsp3) is 0.583. The summed E-state index contributed by atoms with van der Waals surface area (Å²) in [5, 5.41) is 4.54. The molecule has 1 aromatic heterocycles. The average molecular weight is 192 g/mol. The van der Waals surface area contributed by atoms with Gasteiger partial charge >= 0.3 is 0 Å². The third-order valence-electron chi connectivity index (χ3n) is 2.28. The zero-order valence-corrected chi connectivity index (χ0v) is 9.51. The molecule has 78 valence electrons. The Balaban J connectivity index is 2.81. The SMILES string of the molecule is C=C(CCC)n1nc(CCC)cc1C. The Morgan fingerprint density at radius 3 is 2.71 bits per heavy atom. The van der Waals surface area contributed by atoms with Crippen molar-refractivity contribution in [2.75, 3.05) is 0 Å². The minimum Gasteiger partial charge on any atom is -0.243 e. The van der Waals surface area contributed by atoms with Crippen LogP contribution in [0.4, 0.5) is 0 Å². The summed E-state index contributed by atoms with van der Waals surface area (Å²) in [6.07, 6.45) is 4.36. The molecule has 0 fully saturated rings. The van der Waals surface area contributed by atoms with E-state index in [1.54, 1.807) is 0 Å². The zero-order chi connectivity index (χ0) is 10.6. The Labute approximate surface area is 86.6 Å². The fourth-order valence-corrected chi connectivity index (χ4v) is 1.63. The molecule has 0 unspecified atom stereocenters. The van der Waals surface area contributed by atoms with Gasteiger partial charge in [-0.05, 0) is 25.8 Å². The summed E-state index contributed by atoms with van der Waals surface area (Å²) >= 11 is 0. The molecule has 2 nitrogen and oxygen atoms in total. The van der Waals surface area contributed by atoms with Crippen LogP contribution in [-0.4, -0.2) is 9.78 Å². The van der Waals surface area contributed by atoms with Gasteiger partial charge in [0.1, 0.15) is 0 Å². The molecule has 0 saturated carbocycles. The van der Waals surface area contributed by atoms with E-state index in [9.17, 15) is 0 Å². The first kappa shape index (κ1) is 11.0. The maximum absolute atomic E-state index is 4.54. The highest BCUT2D eigenvalue weighted by molar-refractivity contribution is 5.41. The molecular weight excluding hydrogens is 172 g/mol. The second kappa shape index (κ2) is 4.99. The van der Waals surface area contributed by atoms with Gasteiger partial charge in [-0.3, -0.25) is 0 Å². The summed E-state index contributed by atoms with van der Waals surface area (Å²) < 4.78 is 1.98. The van der Waals surface area contributed by atoms with Crippen LogP contribution in [0.2, 0.25) is 0 Å². The predicted octanol–water partition coefficient (Wildman–Crippen LogP) is 3.41. The standard InChI is InChI=1S/C12H20N2/c1-5-7-10(3)14-11(4)9-12(13-14)8-6-2/h9H,3,5-8H2,1-2,4H3. The molecule has 0 N–H and O–H groups in total. The van der Waals surface area contributed by atoms with Crippen LogP contribution in [-0.2, 0) is 6.42 Å². The number of rotatable bonds is 5. The van der Waals surface area contributed by atoms with Crippen molar-refractivity contribution in [2.45, 2.75) is 46.5 Å². The van der Waals surface area contributed by atoms with Gasteiger partial charge in [0.25, 0.3) is 0 Å². The summed E-state index contributed by atoms with van der Waals surface area (Å²) in [6.45, 7) is 10.5. The summed E-state index contributed by atoms with van der Waals surface area (Å²) in [5.41, 5.74) is 3.49. The highest BCUT2D eigenvalue weighted by atomic mass is 15.3. The van der Waals surface area contributed by atoms with E-state index in [1.165, 1.54) is 11.4 Å². The van der Waals surface area contributed by atoms with Gasteiger partial charge in [0.2, 0.25) is 0 Å². The van der Waals surface area contributed by atoms with Crippen LogP contribution in [0, 0.1) is 6.92 Å². The second-order valence-electron chi connectivity index (χ2n) is 3.76. The van der Waals surface area contributed by atoms with Crippen molar-refractivity contribution in [1.29, 1.82) is 0 Å². The second-order valence-corrected chi connectivity index (χ2v) is 3.76. The monoisotopic (exact) mass is 192 g/mol. The number of hydrogen-bond acceptors (Lipinski definition) is 1. The lowest BCUT2D eigenvalue weighted by molar-refractivity contribution is 0.772. The molecule has 0 aromatic carbocycles. The first-order valence-corrected chi connectivity index (χ1v) is 5.42. The van der Waals surface area contributed by atoms with Crippen molar-refractivity contribution in [2.24, 2.45) is 0 Å². The molecular formula is C12H20N2. The minimum absolute atomic E-state index is 1.02. The summed E-state index contributed by atoms with van der Waals surface area (Å²) in [6, 6.07) is 2.16. The number of hydrogen-bond donors (Lipinski definition) is 0. The number of nitrogens with zero attached hydrogens (tertiary/aromatic N) is 2. The molecule has 1 heterocycles. The van der Waals surface area contributed by atoms with Gasteiger partial charge in [0, 0.05) is 11.4 Å². The minimum atomic E-state index is 1.02. The third-order valence-corrected chi connectivity index (χ3v) is 2.28. The van der Waals surface area contributed by atoms with Crippen molar-refractivity contribution >= 4 is 5.70 Å². The van der Waals surface area contributed by atoms with Crippen molar-refractivity contribution in [3.8, 4) is 0 Å². The molecule has 0 amide bonds. The molecule has 0 aliphatic heterocycles. The Morgan fingerprint density at radius 2 is 2.14 bits per heavy atom. The highest BCUT2D eigenvalue weighted by Crippen LogP contribution is 2.14. The quantitative estimate of drug-likeness (QED) is 0.699. The summed E-state index contributed by atoms with van der Waals surface area (Å²) in [4.78, 5) is 0. The van der Waals surface area contributed by atoms with E-state index in [0.717, 1.165) is 31.4 Å². The summed E-state index contributed by atoms with van der Waals surface area (Å²) in [7, 11) is 0. The van der Waals surface area contributed by atoms with Crippen molar-refractivity contribution in [3.63, 3.8) is 0 Å². The van der Waals surface area contributed by atoms with Gasteiger partial charge in [-0.15, -0.1) is 0 Å². The van der Waals surface area contributed by atoms with Gasteiger partial charge in [-0.25, -0.2) is 4.68 Å². The van der Waals surface area contributed by atoms with Crippen LogP contribution >= 0.6 is 0 Å². The normalized spacial score (nSPS) is 10.5. The van der Waals surface area contributed by atoms with E-state index in [2.05, 4.69) is 38.5 Å². The summed E-state index contributed by atoms with van der Waals surface area (Å²) in [5.74, 6) is 0. The average Bonchev–Trinajstić information content (AvgIpc) is 2.48. The van der Waals surface area contributed by atoms with Gasteiger partial charge in [0.15, 0.2) is 0 Å². The predicted molar refractivity (Wildman–Crippen MR) is 61.2 cm³/mol. The van der Waals surface area contributed by atoms with E-state index < -0.39 is 0 Å². The van der Waals surface area contributed by atoms with Crippen molar-refractivity contribution in [1.82, 2.24) is 9.78 Å². The molecule has 1 aromatic rings. The number of allylic oxidation sites excluding steroid dienone is 1. The van der Waals surface area contributed by atoms with Crippen LogP contribution < -0.4 is 0 Å². The van der Waals surface area contributed by atoms with Crippen molar-refractivity contribution in [3.05, 3.63) is 24.0 Å². The maximum atomic E-state index is 4.54. The van der Waals surface area contributed by atoms with Gasteiger partial charge < -0.3 is 0 Å². The lowest BCUT2D eigenvalue weighted by Crippen LogP contribution is -2.00. The van der Waals surface area contributed by atoms with Gasteiger partial charge in [-0.1, -0.05) is 33.3 Å². The lowest BCUT2D eigenvalue weighted by atomic mass is 10.2. The van der Waals surface area contributed by atoms with E-state index in [0.29, 0.717) is 0 Å². The van der Waals surface area contributed by atoms with Gasteiger partial charge in [-0.2, -0.15) is 5.10 Å². The first-order valence-electron chi connectivity index (χ1n) is 5.42. The molecule has 1 rings (SSSR count). The molecule has 0 atom stereocenters. The number of aryl methyl sites for hydroxylation is 2. The molecule has 0 aliphatic carbocycles. The van der Waals surface area contributed by atoms with E-state index in [-0.39, 0.29) is 0 Å². The van der Waals surface area contributed by atoms with Gasteiger partial charge in [0.05, 0.1) is 5.69 Å². The van der Waals surface area contributed by atoms with Crippen LogP contribution in [0.15, 0.2) is 12.6 Å². The smallest absolute Gasteiger partial charge is 0.0631 e. The Morgan fingerprint density at radius 1 is 1.43 bits per heavy atom. The first-order chi connectivity index (χ1) is 6.69. The largest absolute Gasteiger partial charge is 0.243 e. The topological polar surface area (TPSA) is 17.8 Å². The molecule has 0 aliphatic rings. The van der Waals surface area contributed by atoms with E-state index >= 15 is 0 Å². The number of aromatic nitrogens is 2. The molecule has 0 saturated heterocycles. The lowest BCUT2D eigenvalue weighted by Gasteiger charge is -2.05. The van der Waals surface area contributed by atoms with Crippen LogP contribution in [0.5, 0.6) is 0 Å². The van der Waals surface area contributed by atoms with Crippen LogP contribution in [0.3, 0.4) is 0 Å². The third kappa shape index (κ3) is 2.47. The van der Waals surface area contributed by atoms with E-state index in [4.69, 9.17) is 0 Å². The molecule has 0 spiro atoms. The molecule has 14 heavy (non-hydrogen) atoms. The molecule has 0 radical (unpaired) electrons. The van der Waals surface area contributed by atoms with E-state index in [1.807, 2.05) is 4.68 Å². The fourth-order valence-electron chi connectivity index (χ4n) is 1.63. The molecule has 2 heteroatoms. The Kier molecular flexibility index (Phi) is 3.93. The maximum Gasteiger partial charge on any atom is 0.0631 e. The molecule has 0 bridgehead atoms. The highest BCUT2D eigenvalue weighted by Gasteiger charge is 2.05. The Hall–Kier alpha value is -1.05. The zero-order valence-electron chi connectivity index (χ0n) is 9.51. The Bertz CT molecular complexity index is 310. The van der Waals surface area contributed by atoms with Crippen LogP contribution in [0.1, 0.15) is 44.5 Å².